The van der Waals surface area contributed by atoms with Crippen molar-refractivity contribution in [2.75, 3.05) is 18.4 Å². The second-order valence-electron chi connectivity index (χ2n) is 6.54. The summed E-state index contributed by atoms with van der Waals surface area (Å²) in [5.41, 5.74) is 2.18. The van der Waals surface area contributed by atoms with Crippen molar-refractivity contribution in [3.8, 4) is 0 Å². The Bertz CT molecular complexity index is 972. The van der Waals surface area contributed by atoms with Crippen LogP contribution in [0.3, 0.4) is 0 Å². The summed E-state index contributed by atoms with van der Waals surface area (Å²) < 4.78 is 0. The van der Waals surface area contributed by atoms with Crippen molar-refractivity contribution in [3.63, 3.8) is 0 Å². The van der Waals surface area contributed by atoms with E-state index in [1.807, 2.05) is 43.0 Å². The van der Waals surface area contributed by atoms with E-state index in [0.29, 0.717) is 11.7 Å². The van der Waals surface area contributed by atoms with Gasteiger partial charge in [0.1, 0.15) is 5.82 Å². The molecule has 1 atom stereocenters. The highest BCUT2D eigenvalue weighted by molar-refractivity contribution is 8.00. The van der Waals surface area contributed by atoms with Crippen molar-refractivity contribution < 1.29 is 4.79 Å². The molecule has 1 unspecified atom stereocenters. The summed E-state index contributed by atoms with van der Waals surface area (Å²) in [5, 5.41) is 6.84. The van der Waals surface area contributed by atoms with Gasteiger partial charge in [0.25, 0.3) is 0 Å². The fourth-order valence-corrected chi connectivity index (χ4v) is 5.06. The van der Waals surface area contributed by atoms with Crippen LogP contribution in [0.4, 0.5) is 5.82 Å². The van der Waals surface area contributed by atoms with E-state index < -0.39 is 0 Å². The van der Waals surface area contributed by atoms with Crippen molar-refractivity contribution in [1.82, 2.24) is 14.9 Å². The Morgan fingerprint density at radius 3 is 3.04 bits per heavy atom. The predicted molar refractivity (Wildman–Crippen MR) is 112 cm³/mol. The van der Waals surface area contributed by atoms with Crippen LogP contribution in [-0.2, 0) is 17.8 Å². The van der Waals surface area contributed by atoms with Crippen LogP contribution < -0.4 is 5.32 Å². The number of carbonyl (C=O) groups is 1. The minimum absolute atomic E-state index is 0.151. The SMILES string of the molecule is CCNc1nc(SC(C)C(=O)N2CCc3sccc3C2)nc2ccccc12. The zero-order valence-electron chi connectivity index (χ0n) is 15.4. The number of aromatic nitrogens is 2. The summed E-state index contributed by atoms with van der Waals surface area (Å²) >= 11 is 3.22. The molecule has 0 bridgehead atoms. The van der Waals surface area contributed by atoms with Crippen molar-refractivity contribution >= 4 is 45.7 Å². The molecule has 4 rings (SSSR count). The van der Waals surface area contributed by atoms with E-state index >= 15 is 0 Å². The third-order valence-corrected chi connectivity index (χ3v) is 6.65. The number of hydrogen-bond acceptors (Lipinski definition) is 6. The van der Waals surface area contributed by atoms with Crippen LogP contribution in [0.1, 0.15) is 24.3 Å². The van der Waals surface area contributed by atoms with Gasteiger partial charge in [-0.2, -0.15) is 0 Å². The third kappa shape index (κ3) is 3.80. The van der Waals surface area contributed by atoms with Gasteiger partial charge in [-0.1, -0.05) is 23.9 Å². The number of amides is 1. The summed E-state index contributed by atoms with van der Waals surface area (Å²) in [5.74, 6) is 0.977. The van der Waals surface area contributed by atoms with Gasteiger partial charge >= 0.3 is 0 Å². The molecule has 1 N–H and O–H groups in total. The standard InChI is InChI=1S/C20H22N4OS2/c1-3-21-18-15-6-4-5-7-16(15)22-20(23-18)27-13(2)19(25)24-10-8-17-14(12-24)9-11-26-17/h4-7,9,11,13H,3,8,10,12H2,1-2H3,(H,21,22,23). The van der Waals surface area contributed by atoms with Crippen LogP contribution in [0.5, 0.6) is 0 Å². The number of thiophene rings is 1. The van der Waals surface area contributed by atoms with E-state index in [9.17, 15) is 4.79 Å². The summed E-state index contributed by atoms with van der Waals surface area (Å²) in [6.07, 6.45) is 0.952. The van der Waals surface area contributed by atoms with Gasteiger partial charge in [-0.05, 0) is 49.4 Å². The van der Waals surface area contributed by atoms with E-state index in [1.54, 1.807) is 11.3 Å². The number of thioether (sulfide) groups is 1. The Morgan fingerprint density at radius 1 is 1.33 bits per heavy atom. The molecule has 27 heavy (non-hydrogen) atoms. The van der Waals surface area contributed by atoms with E-state index in [4.69, 9.17) is 0 Å². The molecule has 0 radical (unpaired) electrons. The van der Waals surface area contributed by atoms with E-state index in [1.165, 1.54) is 22.2 Å². The normalized spacial score (nSPS) is 14.8. The molecular formula is C20H22N4OS2. The van der Waals surface area contributed by atoms with Crippen LogP contribution in [0.15, 0.2) is 40.9 Å². The second-order valence-corrected chi connectivity index (χ2v) is 8.85. The Morgan fingerprint density at radius 2 is 2.19 bits per heavy atom. The number of nitrogens with one attached hydrogen (secondary N) is 1. The lowest BCUT2D eigenvalue weighted by Gasteiger charge is -2.29. The van der Waals surface area contributed by atoms with Gasteiger partial charge < -0.3 is 10.2 Å². The molecule has 1 amide bonds. The quantitative estimate of drug-likeness (QED) is 0.516. The molecule has 5 nitrogen and oxygen atoms in total. The van der Waals surface area contributed by atoms with Crippen LogP contribution in [-0.4, -0.2) is 39.1 Å². The largest absolute Gasteiger partial charge is 0.370 e. The van der Waals surface area contributed by atoms with E-state index in [-0.39, 0.29) is 11.2 Å². The number of para-hydroxylation sites is 1. The van der Waals surface area contributed by atoms with Crippen molar-refractivity contribution in [2.24, 2.45) is 0 Å². The smallest absolute Gasteiger partial charge is 0.236 e. The first-order chi connectivity index (χ1) is 13.2. The number of rotatable bonds is 5. The van der Waals surface area contributed by atoms with Crippen LogP contribution in [0, 0.1) is 0 Å². The molecule has 0 spiro atoms. The highest BCUT2D eigenvalue weighted by Gasteiger charge is 2.26. The van der Waals surface area contributed by atoms with Crippen molar-refractivity contribution in [3.05, 3.63) is 46.2 Å². The predicted octanol–water partition coefficient (Wildman–Crippen LogP) is 4.19. The molecule has 3 heterocycles. The average molecular weight is 399 g/mol. The second kappa shape index (κ2) is 7.86. The first-order valence-corrected chi connectivity index (χ1v) is 10.9. The Kier molecular flexibility index (Phi) is 5.31. The van der Waals surface area contributed by atoms with Gasteiger partial charge in [-0.3, -0.25) is 4.79 Å². The molecule has 0 aliphatic carbocycles. The molecule has 7 heteroatoms. The van der Waals surface area contributed by atoms with Crippen molar-refractivity contribution in [1.29, 1.82) is 0 Å². The molecular weight excluding hydrogens is 376 g/mol. The molecule has 2 aromatic heterocycles. The zero-order valence-corrected chi connectivity index (χ0v) is 17.1. The average Bonchev–Trinajstić information content (AvgIpc) is 3.15. The lowest BCUT2D eigenvalue weighted by Crippen LogP contribution is -2.39. The van der Waals surface area contributed by atoms with Gasteiger partial charge in [0.05, 0.1) is 10.8 Å². The molecule has 140 valence electrons. The zero-order chi connectivity index (χ0) is 18.8. The number of benzene rings is 1. The number of anilines is 1. The molecule has 1 aliphatic heterocycles. The highest BCUT2D eigenvalue weighted by atomic mass is 32.2. The van der Waals surface area contributed by atoms with Gasteiger partial charge in [0, 0.05) is 29.9 Å². The first kappa shape index (κ1) is 18.3. The molecule has 0 fully saturated rings. The van der Waals surface area contributed by atoms with Crippen LogP contribution in [0.25, 0.3) is 10.9 Å². The number of fused-ring (bicyclic) bond motifs is 2. The molecule has 1 aliphatic rings. The first-order valence-electron chi connectivity index (χ1n) is 9.17. The number of carbonyl (C=O) groups excluding carboxylic acids is 1. The van der Waals surface area contributed by atoms with Gasteiger partial charge in [-0.25, -0.2) is 9.97 Å². The maximum atomic E-state index is 12.9. The van der Waals surface area contributed by atoms with Crippen molar-refractivity contribution in [2.45, 2.75) is 37.2 Å². The van der Waals surface area contributed by atoms with Gasteiger partial charge in [-0.15, -0.1) is 11.3 Å². The topological polar surface area (TPSA) is 58.1 Å². The Balaban J connectivity index is 1.52. The molecule has 3 aromatic rings. The third-order valence-electron chi connectivity index (χ3n) is 4.68. The highest BCUT2D eigenvalue weighted by Crippen LogP contribution is 2.29. The minimum Gasteiger partial charge on any atom is -0.370 e. The number of nitrogens with zero attached hydrogens (tertiary/aromatic N) is 3. The monoisotopic (exact) mass is 398 g/mol. The van der Waals surface area contributed by atoms with E-state index in [2.05, 4.69) is 26.7 Å². The Hall–Kier alpha value is -2.12. The Labute approximate surface area is 167 Å². The summed E-state index contributed by atoms with van der Waals surface area (Å²) in [6.45, 7) is 6.28. The fourth-order valence-electron chi connectivity index (χ4n) is 3.31. The molecule has 1 aromatic carbocycles. The maximum Gasteiger partial charge on any atom is 0.236 e. The molecule has 0 saturated carbocycles. The summed E-state index contributed by atoms with van der Waals surface area (Å²) in [6, 6.07) is 10.1. The molecule has 0 saturated heterocycles. The van der Waals surface area contributed by atoms with Crippen LogP contribution >= 0.6 is 23.1 Å². The van der Waals surface area contributed by atoms with Crippen LogP contribution in [0.2, 0.25) is 0 Å². The number of hydrogen-bond donors (Lipinski definition) is 1. The minimum atomic E-state index is -0.221. The van der Waals surface area contributed by atoms with Gasteiger partial charge in [0.15, 0.2) is 5.16 Å². The lowest BCUT2D eigenvalue weighted by molar-refractivity contribution is -0.131. The summed E-state index contributed by atoms with van der Waals surface area (Å²) in [7, 11) is 0. The lowest BCUT2D eigenvalue weighted by atomic mass is 10.1. The summed E-state index contributed by atoms with van der Waals surface area (Å²) in [4.78, 5) is 25.6. The fraction of sp³-hybridized carbons (Fsp3) is 0.350. The maximum absolute atomic E-state index is 12.9. The van der Waals surface area contributed by atoms with E-state index in [0.717, 1.165) is 36.2 Å². The van der Waals surface area contributed by atoms with Gasteiger partial charge in [0.2, 0.25) is 5.91 Å².